The molecule has 0 spiro atoms. The summed E-state index contributed by atoms with van der Waals surface area (Å²) in [5.74, 6) is 0.447. The molecule has 0 saturated carbocycles. The van der Waals surface area contributed by atoms with Crippen LogP contribution in [0.25, 0.3) is 0 Å². The molecule has 0 heterocycles. The molecule has 0 amide bonds. The molecular weight excluding hydrogens is 184 g/mol. The molecule has 1 aromatic rings. The zero-order valence-electron chi connectivity index (χ0n) is 9.74. The summed E-state index contributed by atoms with van der Waals surface area (Å²) in [6, 6.07) is 8.70. The van der Waals surface area contributed by atoms with Crippen LogP contribution < -0.4 is 11.5 Å². The highest BCUT2D eigenvalue weighted by atomic mass is 14.7. The van der Waals surface area contributed by atoms with Gasteiger partial charge in [0.05, 0.1) is 0 Å². The van der Waals surface area contributed by atoms with Crippen LogP contribution in [0, 0.1) is 5.92 Å². The number of nitrogens with two attached hydrogens (primary N) is 2. The fourth-order valence-corrected chi connectivity index (χ4v) is 1.75. The summed E-state index contributed by atoms with van der Waals surface area (Å²) < 4.78 is 0. The Morgan fingerprint density at radius 3 is 2.27 bits per heavy atom. The van der Waals surface area contributed by atoms with Crippen LogP contribution in [0.2, 0.25) is 0 Å². The Kier molecular flexibility index (Phi) is 4.79. The molecule has 0 aliphatic carbocycles. The second kappa shape index (κ2) is 5.89. The monoisotopic (exact) mass is 206 g/mol. The third kappa shape index (κ3) is 3.33. The maximum atomic E-state index is 6.16. The molecule has 0 aromatic heterocycles. The lowest BCUT2D eigenvalue weighted by Crippen LogP contribution is -2.21. The predicted molar refractivity (Wildman–Crippen MR) is 65.6 cm³/mol. The maximum Gasteiger partial charge on any atom is 0.0321 e. The van der Waals surface area contributed by atoms with Crippen LogP contribution in [0.1, 0.15) is 37.4 Å². The van der Waals surface area contributed by atoms with Gasteiger partial charge in [-0.2, -0.15) is 0 Å². The van der Waals surface area contributed by atoms with Gasteiger partial charge in [0, 0.05) is 6.04 Å². The Labute approximate surface area is 92.7 Å². The van der Waals surface area contributed by atoms with Gasteiger partial charge >= 0.3 is 0 Å². The highest BCUT2D eigenvalue weighted by Crippen LogP contribution is 2.21. The van der Waals surface area contributed by atoms with E-state index >= 15 is 0 Å². The summed E-state index contributed by atoms with van der Waals surface area (Å²) in [5, 5.41) is 0. The molecule has 1 aromatic carbocycles. The van der Waals surface area contributed by atoms with E-state index in [1.807, 2.05) is 0 Å². The summed E-state index contributed by atoms with van der Waals surface area (Å²) in [7, 11) is 0. The molecule has 2 unspecified atom stereocenters. The van der Waals surface area contributed by atoms with Gasteiger partial charge in [-0.05, 0) is 36.4 Å². The molecule has 0 aliphatic rings. The molecule has 1 rings (SSSR count). The van der Waals surface area contributed by atoms with Gasteiger partial charge in [-0.3, -0.25) is 0 Å². The second-order valence-electron chi connectivity index (χ2n) is 4.18. The first-order valence-electron chi connectivity index (χ1n) is 5.73. The van der Waals surface area contributed by atoms with Crippen molar-refractivity contribution in [1.29, 1.82) is 0 Å². The number of rotatable bonds is 5. The number of benzene rings is 1. The molecule has 0 saturated heterocycles. The molecule has 0 aliphatic heterocycles. The standard InChI is InChI=1S/C13H22N2/c1-3-11-4-6-12(7-5-11)13(15)10(2)8-9-14/h4-7,10,13H,3,8-9,14-15H2,1-2H3. The lowest BCUT2D eigenvalue weighted by Gasteiger charge is -2.19. The minimum Gasteiger partial charge on any atom is -0.330 e. The topological polar surface area (TPSA) is 52.0 Å². The fraction of sp³-hybridized carbons (Fsp3) is 0.538. The summed E-state index contributed by atoms with van der Waals surface area (Å²) in [5.41, 5.74) is 14.3. The highest BCUT2D eigenvalue weighted by molar-refractivity contribution is 5.25. The second-order valence-corrected chi connectivity index (χ2v) is 4.18. The van der Waals surface area contributed by atoms with Crippen molar-refractivity contribution >= 4 is 0 Å². The molecule has 0 fully saturated rings. The summed E-state index contributed by atoms with van der Waals surface area (Å²) in [6.07, 6.45) is 2.06. The third-order valence-electron chi connectivity index (χ3n) is 3.01. The van der Waals surface area contributed by atoms with Crippen LogP contribution in [-0.4, -0.2) is 6.54 Å². The molecule has 2 heteroatoms. The number of hydrogen-bond donors (Lipinski definition) is 2. The minimum atomic E-state index is 0.111. The van der Waals surface area contributed by atoms with Crippen molar-refractivity contribution < 1.29 is 0 Å². The smallest absolute Gasteiger partial charge is 0.0321 e. The van der Waals surface area contributed by atoms with Crippen LogP contribution in [0.4, 0.5) is 0 Å². The van der Waals surface area contributed by atoms with E-state index < -0.39 is 0 Å². The summed E-state index contributed by atoms with van der Waals surface area (Å²) in [6.45, 7) is 5.03. The summed E-state index contributed by atoms with van der Waals surface area (Å²) >= 11 is 0. The van der Waals surface area contributed by atoms with Crippen molar-refractivity contribution in [1.82, 2.24) is 0 Å². The molecule has 0 bridgehead atoms. The van der Waals surface area contributed by atoms with Gasteiger partial charge in [-0.1, -0.05) is 38.1 Å². The van der Waals surface area contributed by atoms with Gasteiger partial charge in [0.2, 0.25) is 0 Å². The Hall–Kier alpha value is -0.860. The summed E-state index contributed by atoms with van der Waals surface area (Å²) in [4.78, 5) is 0. The van der Waals surface area contributed by atoms with Crippen LogP contribution in [0.3, 0.4) is 0 Å². The van der Waals surface area contributed by atoms with Crippen molar-refractivity contribution in [2.45, 2.75) is 32.7 Å². The average molecular weight is 206 g/mol. The maximum absolute atomic E-state index is 6.16. The van der Waals surface area contributed by atoms with Crippen molar-refractivity contribution in [3.8, 4) is 0 Å². The molecule has 15 heavy (non-hydrogen) atoms. The SMILES string of the molecule is CCc1ccc(C(N)C(C)CCN)cc1. The van der Waals surface area contributed by atoms with Crippen molar-refractivity contribution in [2.24, 2.45) is 17.4 Å². The minimum absolute atomic E-state index is 0.111. The zero-order chi connectivity index (χ0) is 11.3. The molecule has 0 radical (unpaired) electrons. The third-order valence-corrected chi connectivity index (χ3v) is 3.01. The van der Waals surface area contributed by atoms with E-state index in [4.69, 9.17) is 11.5 Å². The van der Waals surface area contributed by atoms with E-state index in [2.05, 4.69) is 38.1 Å². The first-order chi connectivity index (χ1) is 7.19. The fourth-order valence-electron chi connectivity index (χ4n) is 1.75. The van der Waals surface area contributed by atoms with E-state index in [9.17, 15) is 0 Å². The molecule has 2 nitrogen and oxygen atoms in total. The largest absolute Gasteiger partial charge is 0.330 e. The van der Waals surface area contributed by atoms with Crippen molar-refractivity contribution in [2.75, 3.05) is 6.54 Å². The lowest BCUT2D eigenvalue weighted by atomic mass is 9.92. The van der Waals surface area contributed by atoms with Gasteiger partial charge in [-0.25, -0.2) is 0 Å². The first-order valence-corrected chi connectivity index (χ1v) is 5.73. The lowest BCUT2D eigenvalue weighted by molar-refractivity contribution is 0.444. The van der Waals surface area contributed by atoms with Crippen molar-refractivity contribution in [3.05, 3.63) is 35.4 Å². The highest BCUT2D eigenvalue weighted by Gasteiger charge is 2.13. The first kappa shape index (κ1) is 12.2. The quantitative estimate of drug-likeness (QED) is 0.776. The molecule has 4 N–H and O–H groups in total. The molecule has 84 valence electrons. The van der Waals surface area contributed by atoms with E-state index in [-0.39, 0.29) is 6.04 Å². The van der Waals surface area contributed by atoms with E-state index in [0.717, 1.165) is 12.8 Å². The average Bonchev–Trinajstić information content (AvgIpc) is 2.28. The molecular formula is C13H22N2. The molecule has 2 atom stereocenters. The number of aryl methyl sites for hydroxylation is 1. The normalized spacial score (nSPS) is 14.9. The Balaban J connectivity index is 2.69. The van der Waals surface area contributed by atoms with Gasteiger partial charge in [0.15, 0.2) is 0 Å². The van der Waals surface area contributed by atoms with E-state index in [0.29, 0.717) is 12.5 Å². The van der Waals surface area contributed by atoms with Crippen LogP contribution >= 0.6 is 0 Å². The van der Waals surface area contributed by atoms with Crippen LogP contribution in [0.5, 0.6) is 0 Å². The van der Waals surface area contributed by atoms with Gasteiger partial charge in [0.25, 0.3) is 0 Å². The predicted octanol–water partition coefficient (Wildman–Crippen LogP) is 2.23. The Morgan fingerprint density at radius 2 is 1.80 bits per heavy atom. The van der Waals surface area contributed by atoms with E-state index in [1.54, 1.807) is 0 Å². The Bertz CT molecular complexity index is 279. The van der Waals surface area contributed by atoms with Crippen molar-refractivity contribution in [3.63, 3.8) is 0 Å². The van der Waals surface area contributed by atoms with Gasteiger partial charge in [0.1, 0.15) is 0 Å². The Morgan fingerprint density at radius 1 is 1.20 bits per heavy atom. The zero-order valence-corrected chi connectivity index (χ0v) is 9.74. The van der Waals surface area contributed by atoms with Crippen LogP contribution in [-0.2, 0) is 6.42 Å². The van der Waals surface area contributed by atoms with Gasteiger partial charge in [-0.15, -0.1) is 0 Å². The van der Waals surface area contributed by atoms with Gasteiger partial charge < -0.3 is 11.5 Å². The van der Waals surface area contributed by atoms with Crippen LogP contribution in [0.15, 0.2) is 24.3 Å². The van der Waals surface area contributed by atoms with E-state index in [1.165, 1.54) is 11.1 Å². The number of hydrogen-bond acceptors (Lipinski definition) is 2.